The van der Waals surface area contributed by atoms with E-state index in [1.165, 1.54) is 31.4 Å². The first-order valence-electron chi connectivity index (χ1n) is 9.71. The second-order valence-corrected chi connectivity index (χ2v) is 10.3. The van der Waals surface area contributed by atoms with E-state index in [1.807, 2.05) is 6.92 Å². The van der Waals surface area contributed by atoms with Crippen LogP contribution in [-0.4, -0.2) is 28.0 Å². The summed E-state index contributed by atoms with van der Waals surface area (Å²) in [6, 6.07) is 14.1. The monoisotopic (exact) mass is 526 g/mol. The third kappa shape index (κ3) is 5.73. The third-order valence-electron chi connectivity index (χ3n) is 4.82. The van der Waals surface area contributed by atoms with Gasteiger partial charge in [0, 0.05) is 10.7 Å². The molecule has 1 amide bonds. The predicted molar refractivity (Wildman–Crippen MR) is 134 cm³/mol. The molecule has 0 spiro atoms. The molecule has 0 atom stereocenters. The lowest BCUT2D eigenvalue weighted by atomic mass is 10.2. The maximum absolute atomic E-state index is 13.7. The van der Waals surface area contributed by atoms with E-state index in [0.29, 0.717) is 16.3 Å². The number of carbonyl (C=O) groups is 1. The van der Waals surface area contributed by atoms with Crippen LogP contribution >= 0.6 is 34.8 Å². The van der Waals surface area contributed by atoms with Crippen LogP contribution in [0.15, 0.2) is 59.5 Å². The molecule has 1 N–H and O–H groups in total. The molecule has 0 heterocycles. The molecule has 10 heteroatoms. The first-order valence-corrected chi connectivity index (χ1v) is 12.3. The number of hydrogen-bond acceptors (Lipinski definition) is 4. The van der Waals surface area contributed by atoms with E-state index >= 15 is 0 Å². The molecule has 0 radical (unpaired) electrons. The van der Waals surface area contributed by atoms with Gasteiger partial charge in [-0.25, -0.2) is 8.42 Å². The first kappa shape index (κ1) is 25.2. The van der Waals surface area contributed by atoms with Crippen molar-refractivity contribution in [1.82, 2.24) is 0 Å². The van der Waals surface area contributed by atoms with Crippen LogP contribution in [0.4, 0.5) is 11.4 Å². The summed E-state index contributed by atoms with van der Waals surface area (Å²) in [4.78, 5) is 12.8. The molecule has 0 saturated carbocycles. The average Bonchev–Trinajstić information content (AvgIpc) is 2.76. The van der Waals surface area contributed by atoms with E-state index < -0.39 is 22.5 Å². The number of halogens is 3. The van der Waals surface area contributed by atoms with E-state index in [1.54, 1.807) is 37.3 Å². The number of anilines is 2. The van der Waals surface area contributed by atoms with Crippen LogP contribution in [-0.2, 0) is 14.8 Å². The summed E-state index contributed by atoms with van der Waals surface area (Å²) in [6.45, 7) is 3.07. The zero-order chi connectivity index (χ0) is 24.3. The molecule has 0 bridgehead atoms. The minimum absolute atomic E-state index is 0.0812. The summed E-state index contributed by atoms with van der Waals surface area (Å²) < 4.78 is 33.7. The lowest BCUT2D eigenvalue weighted by molar-refractivity contribution is -0.114. The minimum Gasteiger partial charge on any atom is -0.495 e. The van der Waals surface area contributed by atoms with Crippen molar-refractivity contribution in [3.8, 4) is 5.75 Å². The summed E-state index contributed by atoms with van der Waals surface area (Å²) in [5, 5.41) is 3.56. The zero-order valence-corrected chi connectivity index (χ0v) is 21.1. The van der Waals surface area contributed by atoms with Crippen molar-refractivity contribution in [3.63, 3.8) is 0 Å². The minimum atomic E-state index is -4.23. The van der Waals surface area contributed by atoms with Crippen LogP contribution in [0.3, 0.4) is 0 Å². The standard InChI is InChI=1S/C23H21Cl3N2O4S/c1-14-4-9-21(32-3)22(10-14)33(30,31)28(17-7-8-18(24)20(26)12-17)13-23(29)27-16-6-5-15(2)19(25)11-16/h4-12H,13H2,1-3H3,(H,27,29). The molecular weight excluding hydrogens is 507 g/mol. The lowest BCUT2D eigenvalue weighted by Gasteiger charge is -2.25. The highest BCUT2D eigenvalue weighted by Gasteiger charge is 2.30. The number of methoxy groups -OCH3 is 1. The molecular formula is C23H21Cl3N2O4S. The van der Waals surface area contributed by atoms with Gasteiger partial charge in [-0.15, -0.1) is 0 Å². The topological polar surface area (TPSA) is 75.7 Å². The number of ether oxygens (including phenoxy) is 1. The summed E-state index contributed by atoms with van der Waals surface area (Å²) >= 11 is 18.3. The van der Waals surface area contributed by atoms with Gasteiger partial charge in [-0.3, -0.25) is 9.10 Å². The van der Waals surface area contributed by atoms with Gasteiger partial charge in [-0.05, 0) is 67.4 Å². The third-order valence-corrected chi connectivity index (χ3v) is 7.76. The van der Waals surface area contributed by atoms with Crippen LogP contribution in [0.5, 0.6) is 5.75 Å². The molecule has 0 aromatic heterocycles. The van der Waals surface area contributed by atoms with Crippen molar-refractivity contribution in [2.24, 2.45) is 0 Å². The summed E-state index contributed by atoms with van der Waals surface area (Å²) in [6.07, 6.45) is 0. The number of nitrogens with zero attached hydrogens (tertiary/aromatic N) is 1. The Morgan fingerprint density at radius 1 is 0.939 bits per heavy atom. The van der Waals surface area contributed by atoms with Gasteiger partial charge in [0.2, 0.25) is 5.91 Å². The van der Waals surface area contributed by atoms with Gasteiger partial charge in [0.25, 0.3) is 10.0 Å². The number of amides is 1. The molecule has 6 nitrogen and oxygen atoms in total. The molecule has 0 saturated heterocycles. The molecule has 0 fully saturated rings. The Bertz CT molecular complexity index is 1310. The predicted octanol–water partition coefficient (Wildman–Crippen LogP) is 6.11. The highest BCUT2D eigenvalue weighted by atomic mass is 35.5. The molecule has 3 rings (SSSR count). The summed E-state index contributed by atoms with van der Waals surface area (Å²) in [5.41, 5.74) is 2.17. The second-order valence-electron chi connectivity index (χ2n) is 7.28. The van der Waals surface area contributed by atoms with Gasteiger partial charge in [-0.2, -0.15) is 0 Å². The fraction of sp³-hybridized carbons (Fsp3) is 0.174. The van der Waals surface area contributed by atoms with Gasteiger partial charge >= 0.3 is 0 Å². The molecule has 0 aliphatic rings. The van der Waals surface area contributed by atoms with Crippen molar-refractivity contribution in [3.05, 3.63) is 80.8 Å². The van der Waals surface area contributed by atoms with Crippen LogP contribution in [0.2, 0.25) is 15.1 Å². The normalized spacial score (nSPS) is 11.2. The van der Waals surface area contributed by atoms with E-state index in [-0.39, 0.29) is 26.4 Å². The van der Waals surface area contributed by atoms with E-state index in [9.17, 15) is 13.2 Å². The van der Waals surface area contributed by atoms with Gasteiger partial charge in [0.15, 0.2) is 0 Å². The van der Waals surface area contributed by atoms with Gasteiger partial charge in [0.05, 0.1) is 22.8 Å². The van der Waals surface area contributed by atoms with Crippen molar-refractivity contribution < 1.29 is 17.9 Å². The maximum atomic E-state index is 13.7. The molecule has 3 aromatic rings. The largest absolute Gasteiger partial charge is 0.495 e. The molecule has 3 aromatic carbocycles. The Labute approximate surface area is 208 Å². The Morgan fingerprint density at radius 3 is 2.30 bits per heavy atom. The van der Waals surface area contributed by atoms with Crippen molar-refractivity contribution >= 4 is 62.1 Å². The van der Waals surface area contributed by atoms with Gasteiger partial charge in [-0.1, -0.05) is 46.9 Å². The van der Waals surface area contributed by atoms with Crippen LogP contribution in [0.1, 0.15) is 11.1 Å². The molecule has 0 unspecified atom stereocenters. The lowest BCUT2D eigenvalue weighted by Crippen LogP contribution is -2.38. The Hall–Kier alpha value is -2.45. The SMILES string of the molecule is COc1ccc(C)cc1S(=O)(=O)N(CC(=O)Nc1ccc(C)c(Cl)c1)c1ccc(Cl)c(Cl)c1. The summed E-state index contributed by atoms with van der Waals surface area (Å²) in [7, 11) is -2.86. The van der Waals surface area contributed by atoms with Crippen molar-refractivity contribution in [2.45, 2.75) is 18.7 Å². The smallest absolute Gasteiger partial charge is 0.268 e. The van der Waals surface area contributed by atoms with E-state index in [0.717, 1.165) is 9.87 Å². The second kappa shape index (κ2) is 10.2. The van der Waals surface area contributed by atoms with E-state index in [2.05, 4.69) is 5.32 Å². The van der Waals surface area contributed by atoms with Gasteiger partial charge < -0.3 is 10.1 Å². The number of nitrogens with one attached hydrogen (secondary N) is 1. The molecule has 0 aliphatic heterocycles. The fourth-order valence-electron chi connectivity index (χ4n) is 3.06. The van der Waals surface area contributed by atoms with Crippen molar-refractivity contribution in [1.29, 1.82) is 0 Å². The maximum Gasteiger partial charge on any atom is 0.268 e. The molecule has 0 aliphatic carbocycles. The number of rotatable bonds is 7. The molecule has 174 valence electrons. The van der Waals surface area contributed by atoms with Crippen LogP contribution in [0, 0.1) is 13.8 Å². The van der Waals surface area contributed by atoms with Crippen molar-refractivity contribution in [2.75, 3.05) is 23.3 Å². The molecule has 33 heavy (non-hydrogen) atoms. The quantitative estimate of drug-likeness (QED) is 0.402. The Kier molecular flexibility index (Phi) is 7.80. The number of hydrogen-bond donors (Lipinski definition) is 1. The Morgan fingerprint density at radius 2 is 1.67 bits per heavy atom. The van der Waals surface area contributed by atoms with Gasteiger partial charge in [0.1, 0.15) is 17.2 Å². The fourth-order valence-corrected chi connectivity index (χ4v) is 5.19. The summed E-state index contributed by atoms with van der Waals surface area (Å²) in [5.74, 6) is -0.424. The number of carbonyl (C=O) groups excluding carboxylic acids is 1. The highest BCUT2D eigenvalue weighted by Crippen LogP contribution is 2.34. The van der Waals surface area contributed by atoms with Crippen LogP contribution < -0.4 is 14.4 Å². The van der Waals surface area contributed by atoms with Crippen LogP contribution in [0.25, 0.3) is 0 Å². The number of sulfonamides is 1. The highest BCUT2D eigenvalue weighted by molar-refractivity contribution is 7.93. The number of benzene rings is 3. The first-order chi connectivity index (χ1) is 15.5. The Balaban J connectivity index is 2.04. The average molecular weight is 528 g/mol. The number of aryl methyl sites for hydroxylation is 2. The zero-order valence-electron chi connectivity index (χ0n) is 18.0. The van der Waals surface area contributed by atoms with E-state index in [4.69, 9.17) is 39.5 Å².